The third-order valence-electron chi connectivity index (χ3n) is 1.29. The molecule has 0 unspecified atom stereocenters. The van der Waals surface area contributed by atoms with Gasteiger partial charge in [0.1, 0.15) is 6.34 Å². The molecular formula is C5H5F3N2. The third kappa shape index (κ3) is 0.913. The highest BCUT2D eigenvalue weighted by atomic mass is 19.4. The minimum Gasteiger partial charge on any atom is -0.252 e. The lowest BCUT2D eigenvalue weighted by Crippen LogP contribution is -2.40. The van der Waals surface area contributed by atoms with Gasteiger partial charge in [0.15, 0.2) is 5.54 Å². The van der Waals surface area contributed by atoms with E-state index in [1.54, 1.807) is 0 Å². The highest BCUT2D eigenvalue weighted by molar-refractivity contribution is 5.86. The number of aliphatic imine (C=N–C) groups is 2. The number of nitrogens with zero attached hydrogens (tertiary/aromatic N) is 2. The van der Waals surface area contributed by atoms with Crippen LogP contribution in [-0.2, 0) is 0 Å². The van der Waals surface area contributed by atoms with Gasteiger partial charge in [-0.15, -0.1) is 0 Å². The average Bonchev–Trinajstić information content (AvgIpc) is 2.13. The molecule has 10 heavy (non-hydrogen) atoms. The summed E-state index contributed by atoms with van der Waals surface area (Å²) >= 11 is 0. The molecule has 0 spiro atoms. The lowest BCUT2D eigenvalue weighted by atomic mass is 10.1. The van der Waals surface area contributed by atoms with Crippen LogP contribution >= 0.6 is 0 Å². The molecule has 1 aliphatic rings. The maximum absolute atomic E-state index is 11.9. The van der Waals surface area contributed by atoms with Crippen molar-refractivity contribution in [1.82, 2.24) is 0 Å². The van der Waals surface area contributed by atoms with Crippen LogP contribution in [0.1, 0.15) is 6.92 Å². The van der Waals surface area contributed by atoms with Crippen molar-refractivity contribution in [2.45, 2.75) is 18.6 Å². The topological polar surface area (TPSA) is 24.7 Å². The molecule has 0 fully saturated rings. The Bertz CT molecular complexity index is 180. The van der Waals surface area contributed by atoms with Crippen molar-refractivity contribution < 1.29 is 13.2 Å². The first-order valence-corrected chi connectivity index (χ1v) is 2.60. The van der Waals surface area contributed by atoms with Gasteiger partial charge in [0.05, 0.1) is 0 Å². The van der Waals surface area contributed by atoms with Crippen LogP contribution in [0.5, 0.6) is 0 Å². The Labute approximate surface area is 55.5 Å². The van der Waals surface area contributed by atoms with Gasteiger partial charge in [-0.1, -0.05) is 0 Å². The van der Waals surface area contributed by atoms with Crippen molar-refractivity contribution in [3.05, 3.63) is 0 Å². The summed E-state index contributed by atoms with van der Waals surface area (Å²) in [6, 6.07) is 0. The summed E-state index contributed by atoms with van der Waals surface area (Å²) in [6.07, 6.45) is -2.63. The van der Waals surface area contributed by atoms with Crippen LogP contribution in [0, 0.1) is 0 Å². The summed E-state index contributed by atoms with van der Waals surface area (Å²) in [5.41, 5.74) is -2.09. The third-order valence-corrected chi connectivity index (χ3v) is 1.29. The standard InChI is InChI=1S/C5H5F3N2/c1-4(5(6,7)8)2-9-3-10-4/h2-3H,1H3/t4-/m0/s1. The van der Waals surface area contributed by atoms with Gasteiger partial charge in [0, 0.05) is 6.21 Å². The Balaban J connectivity index is 2.90. The van der Waals surface area contributed by atoms with Crippen molar-refractivity contribution in [3.8, 4) is 0 Å². The lowest BCUT2D eigenvalue weighted by molar-refractivity contribution is -0.157. The zero-order valence-electron chi connectivity index (χ0n) is 5.18. The quantitative estimate of drug-likeness (QED) is 0.499. The number of hydrogen-bond acceptors (Lipinski definition) is 2. The molecule has 2 nitrogen and oxygen atoms in total. The summed E-state index contributed by atoms with van der Waals surface area (Å²) in [6.45, 7) is 0.972. The molecule has 5 heteroatoms. The van der Waals surface area contributed by atoms with Crippen LogP contribution in [0.25, 0.3) is 0 Å². The van der Waals surface area contributed by atoms with Gasteiger partial charge in [-0.3, -0.25) is 4.99 Å². The van der Waals surface area contributed by atoms with Crippen LogP contribution in [-0.4, -0.2) is 24.3 Å². The molecule has 1 rings (SSSR count). The highest BCUT2D eigenvalue weighted by Gasteiger charge is 2.51. The molecule has 0 amide bonds. The Kier molecular flexibility index (Phi) is 1.31. The van der Waals surface area contributed by atoms with Crippen LogP contribution in [0.4, 0.5) is 13.2 Å². The van der Waals surface area contributed by atoms with Gasteiger partial charge in [-0.25, -0.2) is 4.99 Å². The number of alkyl halides is 3. The molecule has 0 saturated heterocycles. The van der Waals surface area contributed by atoms with Crippen molar-refractivity contribution >= 4 is 12.6 Å². The molecule has 0 radical (unpaired) electrons. The fourth-order valence-electron chi connectivity index (χ4n) is 0.511. The minimum atomic E-state index is -4.33. The zero-order chi connectivity index (χ0) is 7.83. The maximum atomic E-state index is 11.9. The smallest absolute Gasteiger partial charge is 0.252 e. The van der Waals surface area contributed by atoms with Gasteiger partial charge in [-0.05, 0) is 6.92 Å². The predicted molar refractivity (Wildman–Crippen MR) is 31.4 cm³/mol. The van der Waals surface area contributed by atoms with Crippen molar-refractivity contribution in [1.29, 1.82) is 0 Å². The van der Waals surface area contributed by atoms with Crippen molar-refractivity contribution in [3.63, 3.8) is 0 Å². The molecule has 1 aliphatic heterocycles. The van der Waals surface area contributed by atoms with Gasteiger partial charge < -0.3 is 0 Å². The second-order valence-electron chi connectivity index (χ2n) is 2.17. The fraction of sp³-hybridized carbons (Fsp3) is 0.600. The summed E-state index contributed by atoms with van der Waals surface area (Å²) in [4.78, 5) is 6.43. The summed E-state index contributed by atoms with van der Waals surface area (Å²) in [5.74, 6) is 0. The second-order valence-corrected chi connectivity index (χ2v) is 2.17. The maximum Gasteiger partial charge on any atom is 0.418 e. The SMILES string of the molecule is C[C@@]1(C(F)(F)F)C=NC=N1. The van der Waals surface area contributed by atoms with Gasteiger partial charge in [0.2, 0.25) is 0 Å². The van der Waals surface area contributed by atoms with Crippen LogP contribution in [0.3, 0.4) is 0 Å². The number of hydrogen-bond donors (Lipinski definition) is 0. The lowest BCUT2D eigenvalue weighted by Gasteiger charge is -2.19. The van der Waals surface area contributed by atoms with Crippen LogP contribution in [0.2, 0.25) is 0 Å². The molecule has 56 valence electrons. The number of rotatable bonds is 0. The van der Waals surface area contributed by atoms with Crippen LogP contribution in [0.15, 0.2) is 9.98 Å². The molecule has 0 aromatic heterocycles. The van der Waals surface area contributed by atoms with E-state index in [-0.39, 0.29) is 0 Å². The van der Waals surface area contributed by atoms with E-state index in [0.717, 1.165) is 19.5 Å². The molecule has 1 atom stereocenters. The first-order chi connectivity index (χ1) is 4.46. The highest BCUT2D eigenvalue weighted by Crippen LogP contribution is 2.33. The Morgan fingerprint density at radius 2 is 2.00 bits per heavy atom. The molecule has 0 bridgehead atoms. The normalized spacial score (nSPS) is 31.6. The second kappa shape index (κ2) is 1.81. The van der Waals surface area contributed by atoms with E-state index in [2.05, 4.69) is 9.98 Å². The van der Waals surface area contributed by atoms with Crippen molar-refractivity contribution in [2.75, 3.05) is 0 Å². The van der Waals surface area contributed by atoms with E-state index in [9.17, 15) is 13.2 Å². The molecule has 0 N–H and O–H groups in total. The molecule has 0 saturated carbocycles. The fourth-order valence-corrected chi connectivity index (χ4v) is 0.511. The van der Waals surface area contributed by atoms with Gasteiger partial charge in [-0.2, -0.15) is 13.2 Å². The average molecular weight is 150 g/mol. The van der Waals surface area contributed by atoms with E-state index >= 15 is 0 Å². The Morgan fingerprint density at radius 1 is 1.40 bits per heavy atom. The van der Waals surface area contributed by atoms with E-state index < -0.39 is 11.7 Å². The Hall–Kier alpha value is -0.870. The first-order valence-electron chi connectivity index (χ1n) is 2.60. The van der Waals surface area contributed by atoms with Gasteiger partial charge >= 0.3 is 6.18 Å². The molecule has 0 aromatic carbocycles. The van der Waals surface area contributed by atoms with E-state index in [0.29, 0.717) is 0 Å². The number of halogens is 3. The Morgan fingerprint density at radius 3 is 2.20 bits per heavy atom. The minimum absolute atomic E-state index is 0.785. The zero-order valence-corrected chi connectivity index (χ0v) is 5.18. The summed E-state index contributed by atoms with van der Waals surface area (Å²) in [5, 5.41) is 0. The molecule has 0 aromatic rings. The van der Waals surface area contributed by atoms with E-state index in [1.807, 2.05) is 0 Å². The van der Waals surface area contributed by atoms with E-state index in [1.165, 1.54) is 0 Å². The largest absolute Gasteiger partial charge is 0.418 e. The summed E-state index contributed by atoms with van der Waals surface area (Å²) in [7, 11) is 0. The monoisotopic (exact) mass is 150 g/mol. The first kappa shape index (κ1) is 7.24. The van der Waals surface area contributed by atoms with Gasteiger partial charge in [0.25, 0.3) is 0 Å². The molecule has 0 aliphatic carbocycles. The van der Waals surface area contributed by atoms with E-state index in [4.69, 9.17) is 0 Å². The molecular weight excluding hydrogens is 145 g/mol. The van der Waals surface area contributed by atoms with Crippen molar-refractivity contribution in [2.24, 2.45) is 9.98 Å². The summed E-state index contributed by atoms with van der Waals surface area (Å²) < 4.78 is 35.8. The van der Waals surface area contributed by atoms with Crippen LogP contribution < -0.4 is 0 Å². The molecule has 1 heterocycles. The predicted octanol–water partition coefficient (Wildman–Crippen LogP) is 1.42.